The summed E-state index contributed by atoms with van der Waals surface area (Å²) >= 11 is 1.30. The monoisotopic (exact) mass is 319 g/mol. The number of hydrogen-bond donors (Lipinski definition) is 2. The Hall–Kier alpha value is -1.15. The van der Waals surface area contributed by atoms with Crippen LogP contribution in [0.3, 0.4) is 0 Å². The van der Waals surface area contributed by atoms with Gasteiger partial charge in [0.05, 0.1) is 6.54 Å². The van der Waals surface area contributed by atoms with Crippen molar-refractivity contribution in [2.45, 2.75) is 43.9 Å². The fourth-order valence-electron chi connectivity index (χ4n) is 3.39. The van der Waals surface area contributed by atoms with Gasteiger partial charge in [-0.1, -0.05) is 0 Å². The van der Waals surface area contributed by atoms with E-state index in [1.54, 1.807) is 11.6 Å². The summed E-state index contributed by atoms with van der Waals surface area (Å²) in [6, 6.07) is 0.0900. The maximum Gasteiger partial charge on any atom is 0.401 e. The molecule has 116 valence electrons. The van der Waals surface area contributed by atoms with Gasteiger partial charge in [0.25, 0.3) is 5.91 Å². The molecule has 0 aliphatic heterocycles. The van der Waals surface area contributed by atoms with Gasteiger partial charge >= 0.3 is 6.18 Å². The molecule has 0 aromatic carbocycles. The van der Waals surface area contributed by atoms with Crippen LogP contribution in [0.15, 0.2) is 11.6 Å². The lowest BCUT2D eigenvalue weighted by atomic mass is 9.52. The van der Waals surface area contributed by atoms with Crippen LogP contribution in [-0.4, -0.2) is 35.7 Å². The number of alkyl halides is 3. The number of nitrogens with one attached hydrogen (secondary N) is 2. The number of rotatable bonds is 4. The summed E-state index contributed by atoms with van der Waals surface area (Å²) in [6.45, 7) is -0.919. The molecule has 0 unspecified atom stereocenters. The molecule has 2 fully saturated rings. The highest BCUT2D eigenvalue weighted by Crippen LogP contribution is 2.56. The minimum Gasteiger partial charge on any atom is -0.347 e. The zero-order valence-corrected chi connectivity index (χ0v) is 12.1. The molecule has 4 nitrogen and oxygen atoms in total. The van der Waals surface area contributed by atoms with Crippen molar-refractivity contribution in [2.75, 3.05) is 6.54 Å². The minimum absolute atomic E-state index is 0.0396. The van der Waals surface area contributed by atoms with Crippen molar-refractivity contribution in [1.82, 2.24) is 15.6 Å². The first kappa shape index (κ1) is 14.8. The number of carbonyl (C=O) groups excluding carboxylic acids is 1. The standard InChI is InChI=1S/C13H16F3N3OS/c14-13(15,16)7-18-8-3-12(4-8)5-9(6-12)19-10(20)11-17-1-2-21-11/h1-2,8-9,18H,3-7H2,(H,19,20). The summed E-state index contributed by atoms with van der Waals surface area (Å²) in [5, 5.41) is 7.66. The quantitative estimate of drug-likeness (QED) is 0.896. The fourth-order valence-corrected chi connectivity index (χ4v) is 3.93. The van der Waals surface area contributed by atoms with Crippen LogP contribution in [0.2, 0.25) is 0 Å². The van der Waals surface area contributed by atoms with E-state index in [9.17, 15) is 18.0 Å². The molecule has 2 saturated carbocycles. The lowest BCUT2D eigenvalue weighted by Crippen LogP contribution is -2.61. The molecule has 2 aliphatic rings. The van der Waals surface area contributed by atoms with Crippen LogP contribution in [0.5, 0.6) is 0 Å². The number of nitrogens with zero attached hydrogens (tertiary/aromatic N) is 1. The van der Waals surface area contributed by atoms with E-state index < -0.39 is 12.7 Å². The van der Waals surface area contributed by atoms with Crippen LogP contribution in [0.25, 0.3) is 0 Å². The van der Waals surface area contributed by atoms with E-state index in [0.717, 1.165) is 25.7 Å². The van der Waals surface area contributed by atoms with E-state index in [1.165, 1.54) is 11.3 Å². The van der Waals surface area contributed by atoms with Crippen LogP contribution >= 0.6 is 11.3 Å². The van der Waals surface area contributed by atoms with Crippen molar-refractivity contribution in [3.63, 3.8) is 0 Å². The maximum atomic E-state index is 12.1. The molecular formula is C13H16F3N3OS. The Morgan fingerprint density at radius 1 is 1.33 bits per heavy atom. The Labute approximate surface area is 124 Å². The summed E-state index contributed by atoms with van der Waals surface area (Å²) in [5.74, 6) is -0.157. The molecule has 3 rings (SSSR count). The van der Waals surface area contributed by atoms with Gasteiger partial charge in [-0.2, -0.15) is 13.2 Å². The van der Waals surface area contributed by atoms with E-state index >= 15 is 0 Å². The zero-order chi connectivity index (χ0) is 15.1. The first-order chi connectivity index (χ1) is 9.85. The van der Waals surface area contributed by atoms with E-state index in [2.05, 4.69) is 15.6 Å². The Morgan fingerprint density at radius 3 is 2.57 bits per heavy atom. The lowest BCUT2D eigenvalue weighted by Gasteiger charge is -2.58. The molecule has 1 amide bonds. The predicted octanol–water partition coefficient (Wildman–Crippen LogP) is 2.34. The summed E-state index contributed by atoms with van der Waals surface area (Å²) in [4.78, 5) is 15.8. The molecule has 2 N–H and O–H groups in total. The summed E-state index contributed by atoms with van der Waals surface area (Å²) in [6.07, 6.45) is 0.694. The van der Waals surface area contributed by atoms with E-state index in [1.807, 2.05) is 0 Å². The van der Waals surface area contributed by atoms with Crippen molar-refractivity contribution in [2.24, 2.45) is 5.41 Å². The molecule has 0 bridgehead atoms. The summed E-state index contributed by atoms with van der Waals surface area (Å²) in [7, 11) is 0. The third-order valence-corrected chi connectivity index (χ3v) is 5.04. The highest BCUT2D eigenvalue weighted by molar-refractivity contribution is 7.11. The van der Waals surface area contributed by atoms with E-state index in [-0.39, 0.29) is 23.4 Å². The third kappa shape index (κ3) is 3.37. The molecule has 21 heavy (non-hydrogen) atoms. The van der Waals surface area contributed by atoms with Crippen LogP contribution in [0.1, 0.15) is 35.5 Å². The number of amides is 1. The number of halogens is 3. The molecular weight excluding hydrogens is 303 g/mol. The number of hydrogen-bond acceptors (Lipinski definition) is 4. The highest BCUT2D eigenvalue weighted by atomic mass is 32.1. The molecule has 0 saturated heterocycles. The second-order valence-electron chi connectivity index (χ2n) is 6.02. The zero-order valence-electron chi connectivity index (χ0n) is 11.2. The maximum absolute atomic E-state index is 12.1. The predicted molar refractivity (Wildman–Crippen MR) is 72.1 cm³/mol. The topological polar surface area (TPSA) is 54.0 Å². The van der Waals surface area contributed by atoms with Crippen molar-refractivity contribution >= 4 is 17.2 Å². The Kier molecular flexibility index (Phi) is 3.69. The van der Waals surface area contributed by atoms with Crippen LogP contribution in [0.4, 0.5) is 13.2 Å². The Balaban J connectivity index is 1.37. The summed E-state index contributed by atoms with van der Waals surface area (Å²) in [5.41, 5.74) is 0.143. The first-order valence-corrected chi connectivity index (χ1v) is 7.74. The van der Waals surface area contributed by atoms with Gasteiger partial charge in [0.1, 0.15) is 0 Å². The second-order valence-corrected chi connectivity index (χ2v) is 6.91. The molecule has 1 aromatic rings. The van der Waals surface area contributed by atoms with Crippen LogP contribution < -0.4 is 10.6 Å². The fraction of sp³-hybridized carbons (Fsp3) is 0.692. The minimum atomic E-state index is -4.15. The average molecular weight is 319 g/mol. The van der Waals surface area contributed by atoms with Crippen molar-refractivity contribution in [1.29, 1.82) is 0 Å². The van der Waals surface area contributed by atoms with Crippen molar-refractivity contribution < 1.29 is 18.0 Å². The van der Waals surface area contributed by atoms with E-state index in [4.69, 9.17) is 0 Å². The SMILES string of the molecule is O=C(NC1CC2(CC(NCC(F)(F)F)C2)C1)c1nccs1. The normalized spacial score (nSPS) is 31.6. The van der Waals surface area contributed by atoms with Gasteiger partial charge in [0.15, 0.2) is 5.01 Å². The third-order valence-electron chi connectivity index (χ3n) is 4.27. The second kappa shape index (κ2) is 5.24. The number of carbonyl (C=O) groups is 1. The molecule has 0 radical (unpaired) electrons. The average Bonchev–Trinajstić information content (AvgIpc) is 2.81. The van der Waals surface area contributed by atoms with Gasteiger partial charge in [0.2, 0.25) is 0 Å². The number of thiazole rings is 1. The molecule has 1 heterocycles. The van der Waals surface area contributed by atoms with Crippen LogP contribution in [0, 0.1) is 5.41 Å². The van der Waals surface area contributed by atoms with Crippen LogP contribution in [-0.2, 0) is 0 Å². The Bertz CT molecular complexity index is 503. The molecule has 1 spiro atoms. The van der Waals surface area contributed by atoms with Gasteiger partial charge in [-0.3, -0.25) is 4.79 Å². The van der Waals surface area contributed by atoms with E-state index in [0.29, 0.717) is 5.01 Å². The molecule has 0 atom stereocenters. The van der Waals surface area contributed by atoms with Gasteiger partial charge in [-0.05, 0) is 31.1 Å². The van der Waals surface area contributed by atoms with Crippen molar-refractivity contribution in [3.05, 3.63) is 16.6 Å². The van der Waals surface area contributed by atoms with Gasteiger partial charge < -0.3 is 10.6 Å². The largest absolute Gasteiger partial charge is 0.401 e. The van der Waals surface area contributed by atoms with Gasteiger partial charge in [-0.25, -0.2) is 4.98 Å². The van der Waals surface area contributed by atoms with Crippen molar-refractivity contribution in [3.8, 4) is 0 Å². The smallest absolute Gasteiger partial charge is 0.347 e. The summed E-state index contributed by atoms with van der Waals surface area (Å²) < 4.78 is 36.3. The molecule has 8 heteroatoms. The Morgan fingerprint density at radius 2 is 2.00 bits per heavy atom. The van der Waals surface area contributed by atoms with Gasteiger partial charge in [0, 0.05) is 23.7 Å². The number of aromatic nitrogens is 1. The molecule has 1 aromatic heterocycles. The lowest BCUT2D eigenvalue weighted by molar-refractivity contribution is -0.132. The van der Waals surface area contributed by atoms with Gasteiger partial charge in [-0.15, -0.1) is 11.3 Å². The first-order valence-electron chi connectivity index (χ1n) is 6.86. The molecule has 2 aliphatic carbocycles. The highest BCUT2D eigenvalue weighted by Gasteiger charge is 2.53.